The molecular weight excluding hydrogens is 392 g/mol. The normalized spacial score (nSPS) is 11.2. The van der Waals surface area contributed by atoms with Gasteiger partial charge in [-0.1, -0.05) is 12.1 Å². The standard InChI is InChI=1S/C19H18N6O3S/c1-25(29(27,28)16-6-3-7-21-10-16)13-19(26)23-12-18-22-11-17(24-18)15-5-2-4-14(8-15)9-20/h2-8,10-11H,12-13H2,1H3,(H,22,24)(H,23,26). The second-order valence-electron chi connectivity index (χ2n) is 6.16. The van der Waals surface area contributed by atoms with Crippen molar-refractivity contribution in [1.29, 1.82) is 5.26 Å². The molecule has 2 N–H and O–H groups in total. The van der Waals surface area contributed by atoms with Gasteiger partial charge in [0.2, 0.25) is 15.9 Å². The highest BCUT2D eigenvalue weighted by Crippen LogP contribution is 2.18. The molecule has 0 aliphatic heterocycles. The Kier molecular flexibility index (Phi) is 6.01. The van der Waals surface area contributed by atoms with E-state index in [4.69, 9.17) is 5.26 Å². The number of aromatic amines is 1. The van der Waals surface area contributed by atoms with E-state index < -0.39 is 15.9 Å². The monoisotopic (exact) mass is 410 g/mol. The van der Waals surface area contributed by atoms with Crippen molar-refractivity contribution in [1.82, 2.24) is 24.6 Å². The van der Waals surface area contributed by atoms with E-state index in [2.05, 4.69) is 26.3 Å². The van der Waals surface area contributed by atoms with Gasteiger partial charge in [-0.2, -0.15) is 9.57 Å². The third kappa shape index (κ3) is 4.84. The number of pyridine rings is 1. The number of aromatic nitrogens is 3. The molecule has 0 fully saturated rings. The predicted octanol–water partition coefficient (Wildman–Crippen LogP) is 1.28. The maximum Gasteiger partial charge on any atom is 0.244 e. The number of amides is 1. The Bertz CT molecular complexity index is 1150. The number of rotatable bonds is 7. The molecule has 0 unspecified atom stereocenters. The number of H-pyrrole nitrogens is 1. The molecule has 9 nitrogen and oxygen atoms in total. The fourth-order valence-corrected chi connectivity index (χ4v) is 3.65. The fraction of sp³-hybridized carbons (Fsp3) is 0.158. The van der Waals surface area contributed by atoms with Crippen LogP contribution in [0.5, 0.6) is 0 Å². The average molecular weight is 410 g/mol. The summed E-state index contributed by atoms with van der Waals surface area (Å²) in [6.45, 7) is -0.230. The van der Waals surface area contributed by atoms with Crippen LogP contribution in [-0.4, -0.2) is 47.2 Å². The summed E-state index contributed by atoms with van der Waals surface area (Å²) in [5, 5.41) is 11.6. The highest BCUT2D eigenvalue weighted by atomic mass is 32.2. The number of carbonyl (C=O) groups is 1. The van der Waals surface area contributed by atoms with Crippen LogP contribution in [0, 0.1) is 11.3 Å². The van der Waals surface area contributed by atoms with Gasteiger partial charge in [-0.15, -0.1) is 0 Å². The summed E-state index contributed by atoms with van der Waals surface area (Å²) in [7, 11) is -2.47. The van der Waals surface area contributed by atoms with Crippen molar-refractivity contribution in [3.8, 4) is 17.3 Å². The predicted molar refractivity (Wildman–Crippen MR) is 105 cm³/mol. The molecule has 2 heterocycles. The summed E-state index contributed by atoms with van der Waals surface area (Å²) in [6.07, 6.45) is 4.31. The lowest BCUT2D eigenvalue weighted by Gasteiger charge is -2.16. The van der Waals surface area contributed by atoms with Gasteiger partial charge in [0.25, 0.3) is 0 Å². The smallest absolute Gasteiger partial charge is 0.244 e. The molecule has 2 aromatic heterocycles. The number of hydrogen-bond donors (Lipinski definition) is 2. The second-order valence-corrected chi connectivity index (χ2v) is 8.21. The Hall–Kier alpha value is -3.55. The van der Waals surface area contributed by atoms with Gasteiger partial charge in [0, 0.05) is 25.0 Å². The minimum absolute atomic E-state index is 0.0191. The van der Waals surface area contributed by atoms with E-state index in [9.17, 15) is 13.2 Å². The van der Waals surface area contributed by atoms with Crippen LogP contribution in [-0.2, 0) is 21.4 Å². The lowest BCUT2D eigenvalue weighted by molar-refractivity contribution is -0.121. The molecule has 0 saturated heterocycles. The number of carbonyl (C=O) groups excluding carboxylic acids is 1. The second kappa shape index (κ2) is 8.64. The first-order valence-corrected chi connectivity index (χ1v) is 10.0. The van der Waals surface area contributed by atoms with Crippen molar-refractivity contribution < 1.29 is 13.2 Å². The highest BCUT2D eigenvalue weighted by Gasteiger charge is 2.23. The van der Waals surface area contributed by atoms with Crippen molar-refractivity contribution in [3.63, 3.8) is 0 Å². The molecule has 10 heteroatoms. The Morgan fingerprint density at radius 2 is 2.10 bits per heavy atom. The third-order valence-corrected chi connectivity index (χ3v) is 5.88. The van der Waals surface area contributed by atoms with Gasteiger partial charge in [0.1, 0.15) is 10.7 Å². The molecule has 0 saturated carbocycles. The SMILES string of the molecule is CN(CC(=O)NCc1ncc(-c2cccc(C#N)c2)[nH]1)S(=O)(=O)c1cccnc1. The number of benzene rings is 1. The maximum absolute atomic E-state index is 12.4. The molecule has 0 atom stereocenters. The molecule has 1 amide bonds. The van der Waals surface area contributed by atoms with Gasteiger partial charge in [0.05, 0.1) is 36.6 Å². The summed E-state index contributed by atoms with van der Waals surface area (Å²) in [4.78, 5) is 23.2. The molecule has 3 rings (SSSR count). The average Bonchev–Trinajstić information content (AvgIpc) is 3.22. The molecule has 0 aliphatic carbocycles. The molecule has 3 aromatic rings. The van der Waals surface area contributed by atoms with Crippen LogP contribution in [0.25, 0.3) is 11.3 Å². The lowest BCUT2D eigenvalue weighted by atomic mass is 10.1. The van der Waals surface area contributed by atoms with Crippen LogP contribution in [0.3, 0.4) is 0 Å². The minimum Gasteiger partial charge on any atom is -0.348 e. The van der Waals surface area contributed by atoms with Crippen molar-refractivity contribution in [2.45, 2.75) is 11.4 Å². The van der Waals surface area contributed by atoms with E-state index in [0.717, 1.165) is 9.87 Å². The number of likely N-dealkylation sites (N-methyl/N-ethyl adjacent to an activating group) is 1. The van der Waals surface area contributed by atoms with Gasteiger partial charge < -0.3 is 10.3 Å². The van der Waals surface area contributed by atoms with E-state index in [0.29, 0.717) is 17.1 Å². The maximum atomic E-state index is 12.4. The van der Waals surface area contributed by atoms with E-state index in [1.165, 1.54) is 31.6 Å². The first kappa shape index (κ1) is 20.2. The molecule has 0 bridgehead atoms. The molecule has 0 spiro atoms. The number of sulfonamides is 1. The summed E-state index contributed by atoms with van der Waals surface area (Å²) in [6, 6.07) is 12.1. The topological polar surface area (TPSA) is 132 Å². The molecule has 1 aromatic carbocycles. The fourth-order valence-electron chi connectivity index (χ4n) is 2.56. The number of hydrogen-bond acceptors (Lipinski definition) is 6. The number of nitrogens with one attached hydrogen (secondary N) is 2. The zero-order chi connectivity index (χ0) is 20.9. The minimum atomic E-state index is -3.80. The van der Waals surface area contributed by atoms with Crippen LogP contribution < -0.4 is 5.32 Å². The van der Waals surface area contributed by atoms with Gasteiger partial charge in [-0.25, -0.2) is 13.4 Å². The van der Waals surface area contributed by atoms with E-state index in [-0.39, 0.29) is 18.0 Å². The first-order chi connectivity index (χ1) is 13.9. The van der Waals surface area contributed by atoms with Crippen LogP contribution in [0.1, 0.15) is 11.4 Å². The lowest BCUT2D eigenvalue weighted by Crippen LogP contribution is -2.38. The number of nitrogens with zero attached hydrogens (tertiary/aromatic N) is 4. The highest BCUT2D eigenvalue weighted by molar-refractivity contribution is 7.89. The van der Waals surface area contributed by atoms with Crippen LogP contribution in [0.2, 0.25) is 0 Å². The van der Waals surface area contributed by atoms with Crippen molar-refractivity contribution >= 4 is 15.9 Å². The Morgan fingerprint density at radius 1 is 1.28 bits per heavy atom. The molecule has 0 radical (unpaired) electrons. The van der Waals surface area contributed by atoms with Crippen LogP contribution >= 0.6 is 0 Å². The first-order valence-electron chi connectivity index (χ1n) is 8.57. The van der Waals surface area contributed by atoms with E-state index >= 15 is 0 Å². The number of nitriles is 1. The van der Waals surface area contributed by atoms with E-state index in [1.807, 2.05) is 6.07 Å². The van der Waals surface area contributed by atoms with Gasteiger partial charge >= 0.3 is 0 Å². The van der Waals surface area contributed by atoms with Crippen molar-refractivity contribution in [2.75, 3.05) is 13.6 Å². The van der Waals surface area contributed by atoms with Crippen LogP contribution in [0.15, 0.2) is 59.9 Å². The molecule has 148 valence electrons. The summed E-state index contributed by atoms with van der Waals surface area (Å²) in [5.41, 5.74) is 2.05. The quantitative estimate of drug-likeness (QED) is 0.603. The van der Waals surface area contributed by atoms with E-state index in [1.54, 1.807) is 24.4 Å². The Balaban J connectivity index is 1.59. The number of imidazole rings is 1. The van der Waals surface area contributed by atoms with Crippen LogP contribution in [0.4, 0.5) is 0 Å². The van der Waals surface area contributed by atoms with Gasteiger partial charge in [-0.3, -0.25) is 9.78 Å². The molecular formula is C19H18N6O3S. The molecule has 29 heavy (non-hydrogen) atoms. The largest absolute Gasteiger partial charge is 0.348 e. The summed E-state index contributed by atoms with van der Waals surface area (Å²) in [5.74, 6) is 0.0397. The third-order valence-electron chi connectivity index (χ3n) is 4.09. The zero-order valence-corrected chi connectivity index (χ0v) is 16.3. The zero-order valence-electron chi connectivity index (χ0n) is 15.5. The van der Waals surface area contributed by atoms with Gasteiger partial charge in [0.15, 0.2) is 0 Å². The Morgan fingerprint density at radius 3 is 2.83 bits per heavy atom. The van der Waals surface area contributed by atoms with Crippen molar-refractivity contribution in [2.24, 2.45) is 0 Å². The Labute approximate surface area is 168 Å². The summed E-state index contributed by atoms with van der Waals surface area (Å²) < 4.78 is 25.8. The van der Waals surface area contributed by atoms with Crippen molar-refractivity contribution in [3.05, 3.63) is 66.4 Å². The van der Waals surface area contributed by atoms with Gasteiger partial charge in [-0.05, 0) is 24.3 Å². The summed E-state index contributed by atoms with van der Waals surface area (Å²) >= 11 is 0. The molecule has 0 aliphatic rings.